The minimum atomic E-state index is 0. The topological polar surface area (TPSA) is 109 Å². The molecule has 1 aliphatic heterocycles. The number of ether oxygens (including phenoxy) is 3. The zero-order valence-electron chi connectivity index (χ0n) is 31.1. The van der Waals surface area contributed by atoms with Gasteiger partial charge in [0.1, 0.15) is 23.0 Å². The molecule has 0 bridgehead atoms. The van der Waals surface area contributed by atoms with E-state index >= 15 is 0 Å². The van der Waals surface area contributed by atoms with Gasteiger partial charge >= 0.3 is 35.6 Å². The molecule has 1 heterocycles. The van der Waals surface area contributed by atoms with Crippen LogP contribution in [-0.4, -0.2) is 33.6 Å². The second-order valence-corrected chi connectivity index (χ2v) is 13.4. The maximum absolute atomic E-state index is 10.2. The second-order valence-electron chi connectivity index (χ2n) is 13.4. The van der Waals surface area contributed by atoms with Gasteiger partial charge in [0.25, 0.3) is 0 Å². The maximum atomic E-state index is 10.2. The average molecular weight is 872 g/mol. The minimum absolute atomic E-state index is 0. The van der Waals surface area contributed by atoms with Gasteiger partial charge in [-0.2, -0.15) is 0 Å². The fraction of sp³-hybridized carbons (Fsp3) is 0.167. The summed E-state index contributed by atoms with van der Waals surface area (Å²) in [4.78, 5) is 0. The Hall–Kier alpha value is -4.93. The van der Waals surface area contributed by atoms with Crippen LogP contribution in [0, 0.1) is 35.6 Å². The molecule has 1 fully saturated rings. The van der Waals surface area contributed by atoms with Gasteiger partial charge in [-0.05, 0) is 80.2 Å². The Labute approximate surface area is 354 Å². The van der Waals surface area contributed by atoms with Crippen LogP contribution >= 0.6 is 0 Å². The number of rotatable bonds is 8. The van der Waals surface area contributed by atoms with Crippen LogP contribution in [0.1, 0.15) is 35.1 Å². The Morgan fingerprint density at radius 2 is 0.607 bits per heavy atom. The first kappa shape index (κ1) is 40.7. The summed E-state index contributed by atoms with van der Waals surface area (Å²) in [7, 11) is 0. The van der Waals surface area contributed by atoms with Gasteiger partial charge in [-0.1, -0.05) is 121 Å². The number of fused-ring (bicyclic) bond motifs is 4. The predicted molar refractivity (Wildman–Crippen MR) is 219 cm³/mol. The summed E-state index contributed by atoms with van der Waals surface area (Å²) < 4.78 is 16.7. The van der Waals surface area contributed by atoms with Crippen LogP contribution < -0.4 is 0 Å². The molecular formula is C48H44LaO7+3. The maximum Gasteiger partial charge on any atom is 3.00 e. The van der Waals surface area contributed by atoms with Gasteiger partial charge in [0, 0.05) is 35.5 Å². The second kappa shape index (κ2) is 19.8. The normalized spacial score (nSPS) is 12.1. The Morgan fingerprint density at radius 1 is 0.357 bits per heavy atom. The molecule has 1 saturated heterocycles. The number of phenolic OH excluding ortho intramolecular Hbond substituents is 4. The SMILES string of the molecule is C1CCOC1.Oc1ccc2ccccc2c1COCc1c(O)ccc2ccccc12.Oc1ccc2ccccc2c1COCc1c(O)ccc2ccccc12.[La+3]. The van der Waals surface area contributed by atoms with E-state index in [4.69, 9.17) is 14.2 Å². The van der Waals surface area contributed by atoms with E-state index in [-0.39, 0.29) is 85.0 Å². The van der Waals surface area contributed by atoms with Crippen LogP contribution in [0.5, 0.6) is 23.0 Å². The zero-order valence-corrected chi connectivity index (χ0v) is 34.7. The van der Waals surface area contributed by atoms with Gasteiger partial charge in [-0.3, -0.25) is 0 Å². The molecule has 278 valence electrons. The van der Waals surface area contributed by atoms with Crippen molar-refractivity contribution in [2.75, 3.05) is 13.2 Å². The van der Waals surface area contributed by atoms with Crippen LogP contribution in [0.15, 0.2) is 146 Å². The average Bonchev–Trinajstić information content (AvgIpc) is 3.82. The number of phenols is 4. The molecule has 0 atom stereocenters. The van der Waals surface area contributed by atoms with E-state index in [1.54, 1.807) is 24.3 Å². The molecule has 0 aliphatic carbocycles. The smallest absolute Gasteiger partial charge is 0.508 e. The Kier molecular flexibility index (Phi) is 14.4. The number of benzene rings is 8. The van der Waals surface area contributed by atoms with Gasteiger partial charge in [0.2, 0.25) is 0 Å². The molecule has 8 aromatic carbocycles. The molecule has 0 amide bonds. The van der Waals surface area contributed by atoms with E-state index < -0.39 is 0 Å². The van der Waals surface area contributed by atoms with E-state index in [0.717, 1.165) is 78.6 Å². The fourth-order valence-electron chi connectivity index (χ4n) is 6.93. The molecule has 7 nitrogen and oxygen atoms in total. The summed E-state index contributed by atoms with van der Waals surface area (Å²) in [5.41, 5.74) is 3.05. The summed E-state index contributed by atoms with van der Waals surface area (Å²) in [6, 6.07) is 45.9. The zero-order chi connectivity index (χ0) is 38.0. The summed E-state index contributed by atoms with van der Waals surface area (Å²) in [5, 5.41) is 49.0. The van der Waals surface area contributed by atoms with E-state index in [1.807, 2.05) is 121 Å². The van der Waals surface area contributed by atoms with E-state index in [1.165, 1.54) is 12.8 Å². The van der Waals surface area contributed by atoms with Gasteiger partial charge in [0.05, 0.1) is 26.4 Å². The number of hydrogen-bond acceptors (Lipinski definition) is 7. The van der Waals surface area contributed by atoms with Crippen molar-refractivity contribution in [2.45, 2.75) is 39.3 Å². The molecular weight excluding hydrogens is 827 g/mol. The monoisotopic (exact) mass is 871 g/mol. The summed E-state index contributed by atoms with van der Waals surface area (Å²) in [6.45, 7) is 3.09. The largest absolute Gasteiger partial charge is 3.00 e. The molecule has 56 heavy (non-hydrogen) atoms. The summed E-state index contributed by atoms with van der Waals surface area (Å²) in [5.74, 6) is 0.892. The molecule has 1 aliphatic rings. The van der Waals surface area contributed by atoms with E-state index in [2.05, 4.69) is 0 Å². The summed E-state index contributed by atoms with van der Waals surface area (Å²) in [6.07, 6.45) is 2.56. The molecule has 0 radical (unpaired) electrons. The van der Waals surface area contributed by atoms with Crippen LogP contribution in [0.25, 0.3) is 43.1 Å². The van der Waals surface area contributed by atoms with Crippen molar-refractivity contribution in [3.8, 4) is 23.0 Å². The standard InChI is InChI=1S/2C22H18O3.C4H8O.La/c2*23-21-11-9-15-5-1-3-7-17(15)19(21)13-25-14-20-18-8-4-2-6-16(18)10-12-22(20)24;1-2-4-5-3-1;/h2*1-12,23-24H,13-14H2;1-4H2;/q;;;+3. The van der Waals surface area contributed by atoms with Gasteiger partial charge in [-0.25, -0.2) is 0 Å². The molecule has 9 rings (SSSR count). The van der Waals surface area contributed by atoms with E-state index in [9.17, 15) is 20.4 Å². The van der Waals surface area contributed by atoms with Crippen molar-refractivity contribution < 1.29 is 70.2 Å². The molecule has 0 saturated carbocycles. The first-order valence-corrected chi connectivity index (χ1v) is 18.5. The molecule has 0 aromatic heterocycles. The van der Waals surface area contributed by atoms with Gasteiger partial charge < -0.3 is 34.6 Å². The van der Waals surface area contributed by atoms with Gasteiger partial charge in [0.15, 0.2) is 0 Å². The number of hydrogen-bond donors (Lipinski definition) is 4. The van der Waals surface area contributed by atoms with Crippen molar-refractivity contribution in [1.29, 1.82) is 0 Å². The third-order valence-electron chi connectivity index (χ3n) is 9.88. The molecule has 0 unspecified atom stereocenters. The Morgan fingerprint density at radius 3 is 0.839 bits per heavy atom. The Balaban J connectivity index is 0.000000166. The number of aromatic hydroxyl groups is 4. The van der Waals surface area contributed by atoms with Crippen LogP contribution in [-0.2, 0) is 40.6 Å². The fourth-order valence-corrected chi connectivity index (χ4v) is 6.93. The van der Waals surface area contributed by atoms with Crippen molar-refractivity contribution >= 4 is 43.1 Å². The molecule has 8 aromatic rings. The van der Waals surface area contributed by atoms with Crippen molar-refractivity contribution in [3.63, 3.8) is 0 Å². The van der Waals surface area contributed by atoms with Crippen molar-refractivity contribution in [1.82, 2.24) is 0 Å². The van der Waals surface area contributed by atoms with E-state index in [0.29, 0.717) is 0 Å². The molecule has 0 spiro atoms. The van der Waals surface area contributed by atoms with Crippen LogP contribution in [0.4, 0.5) is 0 Å². The first-order chi connectivity index (χ1) is 27.0. The third kappa shape index (κ3) is 9.71. The first-order valence-electron chi connectivity index (χ1n) is 18.5. The molecule has 8 heteroatoms. The third-order valence-corrected chi connectivity index (χ3v) is 9.88. The quantitative estimate of drug-likeness (QED) is 0.120. The van der Waals surface area contributed by atoms with Crippen molar-refractivity contribution in [2.24, 2.45) is 0 Å². The van der Waals surface area contributed by atoms with Gasteiger partial charge in [-0.15, -0.1) is 0 Å². The van der Waals surface area contributed by atoms with Crippen molar-refractivity contribution in [3.05, 3.63) is 168 Å². The summed E-state index contributed by atoms with van der Waals surface area (Å²) >= 11 is 0. The molecule has 4 N–H and O–H groups in total. The minimum Gasteiger partial charge on any atom is -0.508 e. The Bertz CT molecular complexity index is 2200. The van der Waals surface area contributed by atoms with Crippen LogP contribution in [0.3, 0.4) is 0 Å². The van der Waals surface area contributed by atoms with Crippen LogP contribution in [0.2, 0.25) is 0 Å². The predicted octanol–water partition coefficient (Wildman–Crippen LogP) is 11.0.